The van der Waals surface area contributed by atoms with E-state index in [0.717, 1.165) is 12.6 Å². The second-order valence-corrected chi connectivity index (χ2v) is 10.2. The van der Waals surface area contributed by atoms with Crippen molar-refractivity contribution in [3.63, 3.8) is 0 Å². The van der Waals surface area contributed by atoms with Crippen molar-refractivity contribution in [3.05, 3.63) is 77.9 Å². The number of benzene rings is 3. The van der Waals surface area contributed by atoms with Gasteiger partial charge in [0.1, 0.15) is 0 Å². The quantitative estimate of drug-likeness (QED) is 0.445. The van der Waals surface area contributed by atoms with Crippen LogP contribution in [0.2, 0.25) is 0 Å². The van der Waals surface area contributed by atoms with Gasteiger partial charge in [0.25, 0.3) is 0 Å². The lowest BCUT2D eigenvalue weighted by Gasteiger charge is -2.63. The summed E-state index contributed by atoms with van der Waals surface area (Å²) in [5.41, 5.74) is 7.15. The number of rotatable bonds is 2. The highest BCUT2D eigenvalue weighted by molar-refractivity contribution is 6.09. The lowest BCUT2D eigenvalue weighted by atomic mass is 9.61. The lowest BCUT2D eigenvalue weighted by molar-refractivity contribution is -0.121. The van der Waals surface area contributed by atoms with Gasteiger partial charge in [-0.05, 0) is 67.6 Å². The van der Waals surface area contributed by atoms with E-state index in [4.69, 9.17) is 0 Å². The number of nitrogens with zero attached hydrogens (tertiary/aromatic N) is 3. The summed E-state index contributed by atoms with van der Waals surface area (Å²) >= 11 is 0. The Hall–Kier alpha value is -2.62. The van der Waals surface area contributed by atoms with Crippen LogP contribution in [0.25, 0.3) is 27.5 Å². The summed E-state index contributed by atoms with van der Waals surface area (Å²) in [7, 11) is 0. The summed E-state index contributed by atoms with van der Waals surface area (Å²) < 4.78 is 2.44. The van der Waals surface area contributed by atoms with Gasteiger partial charge >= 0.3 is 0 Å². The molecule has 4 saturated heterocycles. The van der Waals surface area contributed by atoms with Gasteiger partial charge in [0.15, 0.2) is 0 Å². The monoisotopic (exact) mass is 407 g/mol. The van der Waals surface area contributed by atoms with E-state index in [9.17, 15) is 0 Å². The Morgan fingerprint density at radius 1 is 0.871 bits per heavy atom. The molecule has 0 spiro atoms. The third-order valence-corrected chi connectivity index (χ3v) is 8.47. The van der Waals surface area contributed by atoms with Crippen LogP contribution in [0.5, 0.6) is 0 Å². The van der Waals surface area contributed by atoms with Crippen LogP contribution in [0.3, 0.4) is 0 Å². The summed E-state index contributed by atoms with van der Waals surface area (Å²) in [5.74, 6) is 0.819. The highest BCUT2D eigenvalue weighted by atomic mass is 15.4. The van der Waals surface area contributed by atoms with Gasteiger partial charge in [-0.3, -0.25) is 9.80 Å². The second kappa shape index (κ2) is 6.21. The first-order valence-electron chi connectivity index (χ1n) is 11.7. The fourth-order valence-electron chi connectivity index (χ4n) is 7.21. The predicted octanol–water partition coefficient (Wildman–Crippen LogP) is 5.33. The minimum absolute atomic E-state index is 0.258. The number of para-hydroxylation sites is 2. The zero-order valence-corrected chi connectivity index (χ0v) is 18.4. The van der Waals surface area contributed by atoms with Crippen molar-refractivity contribution < 1.29 is 0 Å². The molecule has 0 radical (unpaired) electrons. The molecule has 0 amide bonds. The lowest BCUT2D eigenvalue weighted by Crippen LogP contribution is -2.72. The zero-order valence-electron chi connectivity index (χ0n) is 18.4. The Morgan fingerprint density at radius 3 is 2.52 bits per heavy atom. The third-order valence-electron chi connectivity index (χ3n) is 8.47. The van der Waals surface area contributed by atoms with Gasteiger partial charge in [0, 0.05) is 47.6 Å². The van der Waals surface area contributed by atoms with Crippen LogP contribution in [0, 0.1) is 12.8 Å². The van der Waals surface area contributed by atoms with E-state index in [1.54, 1.807) is 5.56 Å². The first-order valence-corrected chi connectivity index (χ1v) is 11.7. The molecular weight excluding hydrogens is 378 g/mol. The normalized spacial score (nSPS) is 31.7. The van der Waals surface area contributed by atoms with Crippen molar-refractivity contribution >= 4 is 21.8 Å². The van der Waals surface area contributed by atoms with E-state index in [-0.39, 0.29) is 5.41 Å². The molecule has 3 heteroatoms. The number of hydrogen-bond donors (Lipinski definition) is 0. The molecular formula is C28H29N3. The van der Waals surface area contributed by atoms with Gasteiger partial charge in [-0.25, -0.2) is 0 Å². The molecule has 8 rings (SSSR count). The summed E-state index contributed by atoms with van der Waals surface area (Å²) in [4.78, 5) is 5.44. The standard InChI is InChI=1S/C28H29N3/c1-19-12-27-24(23-10-6-7-11-26(23)31(27)22-8-4-3-5-9-22)13-25(19)28-14-21-15-29(17-28)18-30(16-21)20(28)2/h3-13,20-21H,14-18H2,1-2H3. The predicted molar refractivity (Wildman–Crippen MR) is 128 cm³/mol. The molecule has 4 aromatic rings. The number of aromatic nitrogens is 1. The molecule has 4 bridgehead atoms. The topological polar surface area (TPSA) is 11.4 Å². The smallest absolute Gasteiger partial charge is 0.0543 e. The molecule has 3 aromatic carbocycles. The van der Waals surface area contributed by atoms with E-state index in [1.165, 1.54) is 59.1 Å². The minimum atomic E-state index is 0.258. The Balaban J connectivity index is 1.51. The Morgan fingerprint density at radius 2 is 1.68 bits per heavy atom. The maximum Gasteiger partial charge on any atom is 0.0543 e. The number of piperidine rings is 2. The van der Waals surface area contributed by atoms with Gasteiger partial charge in [-0.2, -0.15) is 0 Å². The molecule has 156 valence electrons. The van der Waals surface area contributed by atoms with Gasteiger partial charge in [0.05, 0.1) is 17.7 Å². The third kappa shape index (κ3) is 2.36. The van der Waals surface area contributed by atoms with Crippen molar-refractivity contribution in [1.29, 1.82) is 0 Å². The molecule has 5 heterocycles. The number of fused-ring (bicyclic) bond motifs is 3. The van der Waals surface area contributed by atoms with Crippen molar-refractivity contribution in [2.24, 2.45) is 5.92 Å². The molecule has 4 aliphatic rings. The van der Waals surface area contributed by atoms with Crippen LogP contribution >= 0.6 is 0 Å². The SMILES string of the molecule is Cc1cc2c(cc1C13CC4CN(CN(C4)C1C)C3)c1ccccc1n2-c1ccccc1. The maximum atomic E-state index is 2.73. The van der Waals surface area contributed by atoms with Gasteiger partial charge in [-0.15, -0.1) is 0 Å². The Kier molecular flexibility index (Phi) is 3.61. The van der Waals surface area contributed by atoms with Crippen molar-refractivity contribution in [2.45, 2.75) is 31.7 Å². The molecule has 0 saturated carbocycles. The molecule has 5 atom stereocenters. The minimum Gasteiger partial charge on any atom is -0.309 e. The summed E-state index contributed by atoms with van der Waals surface area (Å²) in [6.45, 7) is 9.78. The van der Waals surface area contributed by atoms with E-state index in [1.807, 2.05) is 0 Å². The average Bonchev–Trinajstić information content (AvgIpc) is 3.10. The average molecular weight is 408 g/mol. The van der Waals surface area contributed by atoms with E-state index < -0.39 is 0 Å². The highest BCUT2D eigenvalue weighted by Gasteiger charge is 2.55. The summed E-state index contributed by atoms with van der Waals surface area (Å²) in [6.07, 6.45) is 1.34. The molecule has 5 unspecified atom stereocenters. The fraction of sp³-hybridized carbons (Fsp3) is 0.357. The van der Waals surface area contributed by atoms with Crippen molar-refractivity contribution in [1.82, 2.24) is 14.4 Å². The summed E-state index contributed by atoms with van der Waals surface area (Å²) in [6, 6.07) is 25.4. The fourth-order valence-corrected chi connectivity index (χ4v) is 7.21. The number of aryl methyl sites for hydroxylation is 1. The van der Waals surface area contributed by atoms with Crippen molar-refractivity contribution in [2.75, 3.05) is 26.3 Å². The molecule has 4 fully saturated rings. The van der Waals surface area contributed by atoms with Gasteiger partial charge in [-0.1, -0.05) is 36.4 Å². The zero-order chi connectivity index (χ0) is 20.7. The number of hydrogen-bond acceptors (Lipinski definition) is 2. The van der Waals surface area contributed by atoms with Gasteiger partial charge in [0.2, 0.25) is 0 Å². The first kappa shape index (κ1) is 18.0. The van der Waals surface area contributed by atoms with E-state index in [2.05, 4.69) is 94.9 Å². The maximum absolute atomic E-state index is 2.73. The van der Waals surface area contributed by atoms with Crippen LogP contribution in [0.15, 0.2) is 66.7 Å². The van der Waals surface area contributed by atoms with Crippen LogP contribution in [-0.4, -0.2) is 46.7 Å². The van der Waals surface area contributed by atoms with E-state index in [0.29, 0.717) is 6.04 Å². The first-order chi connectivity index (χ1) is 15.1. The molecule has 3 nitrogen and oxygen atoms in total. The molecule has 31 heavy (non-hydrogen) atoms. The van der Waals surface area contributed by atoms with Crippen LogP contribution in [0.4, 0.5) is 0 Å². The molecule has 4 aliphatic heterocycles. The van der Waals surface area contributed by atoms with E-state index >= 15 is 0 Å². The summed E-state index contributed by atoms with van der Waals surface area (Å²) in [5, 5.41) is 2.76. The molecule has 0 aliphatic carbocycles. The van der Waals surface area contributed by atoms with Crippen LogP contribution < -0.4 is 0 Å². The van der Waals surface area contributed by atoms with Crippen LogP contribution in [-0.2, 0) is 5.41 Å². The Bertz CT molecular complexity index is 1300. The van der Waals surface area contributed by atoms with Gasteiger partial charge < -0.3 is 4.57 Å². The van der Waals surface area contributed by atoms with Crippen molar-refractivity contribution in [3.8, 4) is 5.69 Å². The Labute approximate surface area is 183 Å². The molecule has 0 N–H and O–H groups in total. The second-order valence-electron chi connectivity index (χ2n) is 10.2. The molecule has 1 aromatic heterocycles. The largest absolute Gasteiger partial charge is 0.309 e. The van der Waals surface area contributed by atoms with Crippen LogP contribution in [0.1, 0.15) is 24.5 Å². The highest BCUT2D eigenvalue weighted by Crippen LogP contribution is 2.50.